The van der Waals surface area contributed by atoms with Crippen molar-refractivity contribution in [3.63, 3.8) is 0 Å². The SMILES string of the molecule is CCN(c1ccc(NC(=S)Nc2ccc(Cl)cc2Cl)cc1)C(C)C. The second-order valence-corrected chi connectivity index (χ2v) is 6.88. The molecule has 0 radical (unpaired) electrons. The average molecular weight is 382 g/mol. The highest BCUT2D eigenvalue weighted by atomic mass is 35.5. The van der Waals surface area contributed by atoms with Gasteiger partial charge in [-0.3, -0.25) is 0 Å². The summed E-state index contributed by atoms with van der Waals surface area (Å²) in [4.78, 5) is 2.33. The van der Waals surface area contributed by atoms with Crippen LogP contribution in [0.5, 0.6) is 0 Å². The van der Waals surface area contributed by atoms with Gasteiger partial charge in [0.1, 0.15) is 0 Å². The maximum absolute atomic E-state index is 6.14. The summed E-state index contributed by atoms with van der Waals surface area (Å²) < 4.78 is 0. The van der Waals surface area contributed by atoms with Gasteiger partial charge >= 0.3 is 0 Å². The van der Waals surface area contributed by atoms with Crippen molar-refractivity contribution in [1.29, 1.82) is 0 Å². The molecule has 0 unspecified atom stereocenters. The zero-order chi connectivity index (χ0) is 17.7. The van der Waals surface area contributed by atoms with Crippen LogP contribution in [0.15, 0.2) is 42.5 Å². The fourth-order valence-electron chi connectivity index (χ4n) is 2.46. The minimum Gasteiger partial charge on any atom is -0.369 e. The van der Waals surface area contributed by atoms with E-state index in [1.807, 2.05) is 12.1 Å². The molecule has 0 saturated carbocycles. The van der Waals surface area contributed by atoms with Crippen LogP contribution < -0.4 is 15.5 Å². The highest BCUT2D eigenvalue weighted by molar-refractivity contribution is 7.80. The van der Waals surface area contributed by atoms with Crippen LogP contribution in [-0.2, 0) is 0 Å². The number of nitrogens with one attached hydrogen (secondary N) is 2. The highest BCUT2D eigenvalue weighted by Crippen LogP contribution is 2.26. The molecule has 0 atom stereocenters. The van der Waals surface area contributed by atoms with Crippen molar-refractivity contribution in [2.75, 3.05) is 22.1 Å². The van der Waals surface area contributed by atoms with E-state index in [4.69, 9.17) is 35.4 Å². The first kappa shape index (κ1) is 18.8. The Morgan fingerprint density at radius 2 is 1.75 bits per heavy atom. The van der Waals surface area contributed by atoms with Crippen LogP contribution in [0.1, 0.15) is 20.8 Å². The van der Waals surface area contributed by atoms with Crippen LogP contribution in [0.3, 0.4) is 0 Å². The van der Waals surface area contributed by atoms with Gasteiger partial charge in [-0.05, 0) is 75.5 Å². The Hall–Kier alpha value is -1.49. The summed E-state index contributed by atoms with van der Waals surface area (Å²) in [6.07, 6.45) is 0. The van der Waals surface area contributed by atoms with Gasteiger partial charge in [-0.25, -0.2) is 0 Å². The molecule has 0 amide bonds. The van der Waals surface area contributed by atoms with Crippen molar-refractivity contribution in [2.24, 2.45) is 0 Å². The van der Waals surface area contributed by atoms with Crippen molar-refractivity contribution < 1.29 is 0 Å². The van der Waals surface area contributed by atoms with Gasteiger partial charge in [0, 0.05) is 29.0 Å². The summed E-state index contributed by atoms with van der Waals surface area (Å²) in [7, 11) is 0. The summed E-state index contributed by atoms with van der Waals surface area (Å²) in [6.45, 7) is 7.50. The molecular formula is C18H21Cl2N3S. The van der Waals surface area contributed by atoms with E-state index in [0.29, 0.717) is 26.9 Å². The van der Waals surface area contributed by atoms with E-state index < -0.39 is 0 Å². The molecule has 3 nitrogen and oxygen atoms in total. The number of hydrogen-bond acceptors (Lipinski definition) is 2. The molecular weight excluding hydrogens is 361 g/mol. The third-order valence-electron chi connectivity index (χ3n) is 3.60. The summed E-state index contributed by atoms with van der Waals surface area (Å²) in [5.41, 5.74) is 2.82. The number of thiocarbonyl (C=S) groups is 1. The maximum atomic E-state index is 6.14. The first-order valence-electron chi connectivity index (χ1n) is 7.80. The fourth-order valence-corrected chi connectivity index (χ4v) is 3.14. The standard InChI is InChI=1S/C18H21Cl2N3S/c1-4-23(12(2)3)15-8-6-14(7-9-15)21-18(24)22-17-10-5-13(19)11-16(17)20/h5-12H,4H2,1-3H3,(H2,21,22,24). The van der Waals surface area contributed by atoms with Crippen LogP contribution in [0.4, 0.5) is 17.1 Å². The van der Waals surface area contributed by atoms with E-state index in [1.165, 1.54) is 5.69 Å². The number of rotatable bonds is 5. The minimum absolute atomic E-state index is 0.462. The zero-order valence-corrected chi connectivity index (χ0v) is 16.3. The number of hydrogen-bond donors (Lipinski definition) is 2. The second-order valence-electron chi connectivity index (χ2n) is 5.63. The molecule has 24 heavy (non-hydrogen) atoms. The predicted octanol–water partition coefficient (Wildman–Crippen LogP) is 6.04. The molecule has 0 aromatic heterocycles. The summed E-state index contributed by atoms with van der Waals surface area (Å²) >= 11 is 17.4. The van der Waals surface area contributed by atoms with Crippen molar-refractivity contribution in [3.8, 4) is 0 Å². The van der Waals surface area contributed by atoms with E-state index >= 15 is 0 Å². The molecule has 2 aromatic rings. The Labute approximate surface area is 159 Å². The molecule has 0 aliphatic rings. The minimum atomic E-state index is 0.462. The van der Waals surface area contributed by atoms with Gasteiger partial charge in [-0.15, -0.1) is 0 Å². The van der Waals surface area contributed by atoms with Gasteiger partial charge < -0.3 is 15.5 Å². The van der Waals surface area contributed by atoms with Crippen LogP contribution in [0, 0.1) is 0 Å². The predicted molar refractivity (Wildman–Crippen MR) is 111 cm³/mol. The van der Waals surface area contributed by atoms with Gasteiger partial charge in [0.05, 0.1) is 10.7 Å². The van der Waals surface area contributed by atoms with Gasteiger partial charge in [0.2, 0.25) is 0 Å². The van der Waals surface area contributed by atoms with Crippen LogP contribution >= 0.6 is 35.4 Å². The van der Waals surface area contributed by atoms with Gasteiger partial charge in [0.15, 0.2) is 5.11 Å². The summed E-state index contributed by atoms with van der Waals surface area (Å²) in [5, 5.41) is 7.82. The van der Waals surface area contributed by atoms with Gasteiger partial charge in [0.25, 0.3) is 0 Å². The van der Waals surface area contributed by atoms with E-state index in [-0.39, 0.29) is 0 Å². The smallest absolute Gasteiger partial charge is 0.175 e. The highest BCUT2D eigenvalue weighted by Gasteiger charge is 2.08. The third-order valence-corrected chi connectivity index (χ3v) is 4.35. The Bertz CT molecular complexity index is 702. The maximum Gasteiger partial charge on any atom is 0.175 e. The molecule has 0 fully saturated rings. The molecule has 0 heterocycles. The molecule has 2 aromatic carbocycles. The Balaban J connectivity index is 2.01. The summed E-state index contributed by atoms with van der Waals surface area (Å²) in [6, 6.07) is 13.9. The first-order valence-corrected chi connectivity index (χ1v) is 8.97. The molecule has 0 saturated heterocycles. The lowest BCUT2D eigenvalue weighted by Gasteiger charge is -2.27. The van der Waals surface area contributed by atoms with Crippen molar-refractivity contribution >= 4 is 57.6 Å². The topological polar surface area (TPSA) is 27.3 Å². The number of anilines is 3. The number of benzene rings is 2. The first-order chi connectivity index (χ1) is 11.4. The van der Waals surface area contributed by atoms with Crippen molar-refractivity contribution in [3.05, 3.63) is 52.5 Å². The third kappa shape index (κ3) is 5.00. The molecule has 0 spiro atoms. The van der Waals surface area contributed by atoms with E-state index in [2.05, 4.69) is 48.4 Å². The van der Waals surface area contributed by atoms with Crippen LogP contribution in [0.2, 0.25) is 10.0 Å². The van der Waals surface area contributed by atoms with E-state index in [9.17, 15) is 0 Å². The van der Waals surface area contributed by atoms with Crippen LogP contribution in [0.25, 0.3) is 0 Å². The molecule has 2 rings (SSSR count). The molecule has 0 aliphatic carbocycles. The molecule has 0 aliphatic heterocycles. The van der Waals surface area contributed by atoms with Gasteiger partial charge in [-0.2, -0.15) is 0 Å². The second kappa shape index (κ2) is 8.56. The lowest BCUT2D eigenvalue weighted by Crippen LogP contribution is -2.30. The Morgan fingerprint density at radius 1 is 1.08 bits per heavy atom. The summed E-state index contributed by atoms with van der Waals surface area (Å²) in [5.74, 6) is 0. The molecule has 128 valence electrons. The van der Waals surface area contributed by atoms with Crippen molar-refractivity contribution in [1.82, 2.24) is 0 Å². The number of halogens is 2. The fraction of sp³-hybridized carbons (Fsp3) is 0.278. The van der Waals surface area contributed by atoms with E-state index in [1.54, 1.807) is 18.2 Å². The van der Waals surface area contributed by atoms with Crippen molar-refractivity contribution in [2.45, 2.75) is 26.8 Å². The van der Waals surface area contributed by atoms with Gasteiger partial charge in [-0.1, -0.05) is 23.2 Å². The average Bonchev–Trinajstić information content (AvgIpc) is 2.52. The lowest BCUT2D eigenvalue weighted by atomic mass is 10.2. The molecule has 6 heteroatoms. The molecule has 2 N–H and O–H groups in total. The zero-order valence-electron chi connectivity index (χ0n) is 13.9. The monoisotopic (exact) mass is 381 g/mol. The largest absolute Gasteiger partial charge is 0.369 e. The normalized spacial score (nSPS) is 10.6. The Kier molecular flexibility index (Phi) is 6.72. The quantitative estimate of drug-likeness (QED) is 0.617. The van der Waals surface area contributed by atoms with Crippen LogP contribution in [-0.4, -0.2) is 17.7 Å². The molecule has 0 bridgehead atoms. The lowest BCUT2D eigenvalue weighted by molar-refractivity contribution is 0.704. The number of nitrogens with zero attached hydrogens (tertiary/aromatic N) is 1. The Morgan fingerprint density at radius 3 is 2.29 bits per heavy atom. The van der Waals surface area contributed by atoms with E-state index in [0.717, 1.165) is 12.2 Å².